The van der Waals surface area contributed by atoms with E-state index in [-0.39, 0.29) is 11.5 Å². The molecule has 0 aliphatic carbocycles. The molecule has 10 heteroatoms. The van der Waals surface area contributed by atoms with E-state index in [0.29, 0.717) is 12.2 Å². The van der Waals surface area contributed by atoms with Crippen molar-refractivity contribution in [2.75, 3.05) is 36.4 Å². The van der Waals surface area contributed by atoms with Gasteiger partial charge in [0.15, 0.2) is 0 Å². The molecule has 4 heterocycles. The Hall–Kier alpha value is -4.18. The average Bonchev–Trinajstić information content (AvgIpc) is 3.36. The lowest BCUT2D eigenvalue weighted by Gasteiger charge is -2.28. The lowest BCUT2D eigenvalue weighted by Crippen LogP contribution is -2.43. The maximum atomic E-state index is 12.6. The van der Waals surface area contributed by atoms with E-state index in [1.165, 1.54) is 0 Å². The number of benzene rings is 1. The quantitative estimate of drug-likeness (QED) is 0.208. The zero-order valence-electron chi connectivity index (χ0n) is 25.4. The monoisotopic (exact) mass is 570 g/mol. The van der Waals surface area contributed by atoms with E-state index in [1.54, 1.807) is 6.20 Å². The number of piperazine rings is 1. The molecular formula is C32H42N8O2. The number of amides is 1. The van der Waals surface area contributed by atoms with Gasteiger partial charge in [-0.25, -0.2) is 19.7 Å². The van der Waals surface area contributed by atoms with Crippen LogP contribution in [0.1, 0.15) is 59.8 Å². The maximum Gasteiger partial charge on any atom is 0.408 e. The van der Waals surface area contributed by atoms with Gasteiger partial charge in [0.1, 0.15) is 23.1 Å². The number of ether oxygens (including phenoxy) is 1. The number of rotatable bonds is 7. The second kappa shape index (κ2) is 12.0. The van der Waals surface area contributed by atoms with E-state index in [9.17, 15) is 4.79 Å². The molecule has 0 saturated carbocycles. The number of hydrogen-bond donors (Lipinski definition) is 4. The number of aromatic nitrogens is 4. The summed E-state index contributed by atoms with van der Waals surface area (Å²) in [4.78, 5) is 32.4. The number of carbonyl (C=O) groups is 1. The van der Waals surface area contributed by atoms with Gasteiger partial charge in [0.2, 0.25) is 0 Å². The SMILES string of the molecule is CC(C)(C)CC(NC(=O)OC(C)(C)C)c1nc2ccc(-c3ccnc(Nc4ccc(N5CCNCC5)nc4)c3)cc2[nH]1. The van der Waals surface area contributed by atoms with Crippen molar-refractivity contribution in [2.24, 2.45) is 5.41 Å². The van der Waals surface area contributed by atoms with Crippen LogP contribution in [0, 0.1) is 5.41 Å². The first kappa shape index (κ1) is 29.3. The molecule has 1 atom stereocenters. The van der Waals surface area contributed by atoms with Gasteiger partial charge < -0.3 is 30.6 Å². The van der Waals surface area contributed by atoms with Gasteiger partial charge in [-0.05, 0) is 80.1 Å². The summed E-state index contributed by atoms with van der Waals surface area (Å²) in [5, 5.41) is 9.77. The number of pyridine rings is 2. The molecule has 4 N–H and O–H groups in total. The number of fused-ring (bicyclic) bond motifs is 1. The zero-order valence-corrected chi connectivity index (χ0v) is 25.4. The summed E-state index contributed by atoms with van der Waals surface area (Å²) in [6.45, 7) is 15.9. The standard InChI is InChI=1S/C32H42N8O2/c1-31(2,3)19-26(39-30(41)42-32(4,5)6)29-37-24-9-7-21(17-25(24)38-29)22-11-12-34-27(18-22)36-23-8-10-28(35-20-23)40-15-13-33-14-16-40/h7-12,17-18,20,26,33H,13-16,19H2,1-6H3,(H,34,36)(H,37,38)(H,39,41). The molecule has 0 bridgehead atoms. The summed E-state index contributed by atoms with van der Waals surface area (Å²) < 4.78 is 5.53. The van der Waals surface area contributed by atoms with Gasteiger partial charge in [0.05, 0.1) is 29.0 Å². The highest BCUT2D eigenvalue weighted by molar-refractivity contribution is 5.83. The molecule has 1 amide bonds. The third-order valence-electron chi connectivity index (χ3n) is 6.89. The van der Waals surface area contributed by atoms with Crippen LogP contribution >= 0.6 is 0 Å². The number of carbonyl (C=O) groups excluding carboxylic acids is 1. The molecule has 42 heavy (non-hydrogen) atoms. The molecule has 1 fully saturated rings. The highest BCUT2D eigenvalue weighted by Crippen LogP contribution is 2.31. The second-order valence-corrected chi connectivity index (χ2v) is 13.0. The fraction of sp³-hybridized carbons (Fsp3) is 0.438. The molecule has 1 aliphatic rings. The number of hydrogen-bond acceptors (Lipinski definition) is 8. The third kappa shape index (κ3) is 7.76. The summed E-state index contributed by atoms with van der Waals surface area (Å²) in [5.74, 6) is 2.43. The summed E-state index contributed by atoms with van der Waals surface area (Å²) in [6.07, 6.45) is 3.89. The van der Waals surface area contributed by atoms with Gasteiger partial charge in [-0.2, -0.15) is 0 Å². The first-order valence-corrected chi connectivity index (χ1v) is 14.6. The summed E-state index contributed by atoms with van der Waals surface area (Å²) >= 11 is 0. The van der Waals surface area contributed by atoms with Crippen LogP contribution in [0.4, 0.5) is 22.1 Å². The van der Waals surface area contributed by atoms with Gasteiger partial charge in [-0.3, -0.25) is 0 Å². The number of alkyl carbamates (subject to hydrolysis) is 1. The van der Waals surface area contributed by atoms with Crippen LogP contribution in [-0.2, 0) is 4.74 Å². The predicted molar refractivity (Wildman–Crippen MR) is 168 cm³/mol. The number of imidazole rings is 1. The molecule has 10 nitrogen and oxygen atoms in total. The van der Waals surface area contributed by atoms with Crippen LogP contribution in [0.3, 0.4) is 0 Å². The Labute approximate surface area is 247 Å². The van der Waals surface area contributed by atoms with E-state index < -0.39 is 11.7 Å². The fourth-order valence-corrected chi connectivity index (χ4v) is 5.02. The van der Waals surface area contributed by atoms with Gasteiger partial charge >= 0.3 is 6.09 Å². The van der Waals surface area contributed by atoms with Crippen molar-refractivity contribution in [3.05, 3.63) is 60.7 Å². The normalized spacial score (nSPS) is 15.0. The Morgan fingerprint density at radius 2 is 1.76 bits per heavy atom. The van der Waals surface area contributed by atoms with E-state index in [0.717, 1.165) is 65.7 Å². The van der Waals surface area contributed by atoms with Gasteiger partial charge in [-0.15, -0.1) is 0 Å². The smallest absolute Gasteiger partial charge is 0.408 e. The van der Waals surface area contributed by atoms with Crippen molar-refractivity contribution in [3.63, 3.8) is 0 Å². The minimum atomic E-state index is -0.581. The molecule has 4 aromatic rings. The molecule has 1 aromatic carbocycles. The Morgan fingerprint density at radius 3 is 2.45 bits per heavy atom. The lowest BCUT2D eigenvalue weighted by atomic mass is 9.88. The Balaban J connectivity index is 1.33. The summed E-state index contributed by atoms with van der Waals surface area (Å²) in [5.41, 5.74) is 4.05. The molecule has 3 aromatic heterocycles. The van der Waals surface area contributed by atoms with Crippen LogP contribution < -0.4 is 20.9 Å². The first-order chi connectivity index (χ1) is 19.9. The molecule has 1 saturated heterocycles. The molecule has 0 radical (unpaired) electrons. The molecular weight excluding hydrogens is 528 g/mol. The molecule has 222 valence electrons. The highest BCUT2D eigenvalue weighted by Gasteiger charge is 2.27. The van der Waals surface area contributed by atoms with Gasteiger partial charge in [0.25, 0.3) is 0 Å². The first-order valence-electron chi connectivity index (χ1n) is 14.6. The summed E-state index contributed by atoms with van der Waals surface area (Å²) in [6, 6.07) is 13.9. The fourth-order valence-electron chi connectivity index (χ4n) is 5.02. The summed E-state index contributed by atoms with van der Waals surface area (Å²) in [7, 11) is 0. The maximum absolute atomic E-state index is 12.6. The number of H-pyrrole nitrogens is 1. The van der Waals surface area contributed by atoms with Crippen molar-refractivity contribution >= 4 is 34.4 Å². The minimum Gasteiger partial charge on any atom is -0.444 e. The number of aromatic amines is 1. The third-order valence-corrected chi connectivity index (χ3v) is 6.89. The average molecular weight is 571 g/mol. The van der Waals surface area contributed by atoms with E-state index in [1.807, 2.05) is 57.3 Å². The van der Waals surface area contributed by atoms with Crippen molar-refractivity contribution in [1.82, 2.24) is 30.6 Å². The van der Waals surface area contributed by atoms with Crippen molar-refractivity contribution < 1.29 is 9.53 Å². The Morgan fingerprint density at radius 1 is 1.00 bits per heavy atom. The van der Waals surface area contributed by atoms with Crippen LogP contribution in [0.25, 0.3) is 22.2 Å². The molecule has 1 aliphatic heterocycles. The van der Waals surface area contributed by atoms with Crippen LogP contribution in [0.2, 0.25) is 0 Å². The van der Waals surface area contributed by atoms with Gasteiger partial charge in [0, 0.05) is 32.4 Å². The van der Waals surface area contributed by atoms with E-state index in [4.69, 9.17) is 9.72 Å². The number of nitrogens with zero attached hydrogens (tertiary/aromatic N) is 4. The second-order valence-electron chi connectivity index (χ2n) is 13.0. The number of anilines is 3. The van der Waals surface area contributed by atoms with Crippen LogP contribution in [0.15, 0.2) is 54.9 Å². The van der Waals surface area contributed by atoms with E-state index in [2.05, 4.69) is 68.7 Å². The molecule has 1 unspecified atom stereocenters. The van der Waals surface area contributed by atoms with Crippen LogP contribution in [0.5, 0.6) is 0 Å². The highest BCUT2D eigenvalue weighted by atomic mass is 16.6. The molecule has 5 rings (SSSR count). The topological polar surface area (TPSA) is 120 Å². The van der Waals surface area contributed by atoms with Crippen LogP contribution in [-0.4, -0.2) is 57.8 Å². The van der Waals surface area contributed by atoms with Crippen molar-refractivity contribution in [2.45, 2.75) is 59.6 Å². The Bertz CT molecular complexity index is 1510. The van der Waals surface area contributed by atoms with Crippen molar-refractivity contribution in [1.29, 1.82) is 0 Å². The zero-order chi connectivity index (χ0) is 29.9. The van der Waals surface area contributed by atoms with E-state index >= 15 is 0 Å². The predicted octanol–water partition coefficient (Wildman–Crippen LogP) is 6.18. The number of nitrogens with one attached hydrogen (secondary N) is 4. The minimum absolute atomic E-state index is 0.0366. The Kier molecular flexibility index (Phi) is 8.36. The van der Waals surface area contributed by atoms with Crippen molar-refractivity contribution in [3.8, 4) is 11.1 Å². The lowest BCUT2D eigenvalue weighted by molar-refractivity contribution is 0.0489. The molecule has 0 spiro atoms. The van der Waals surface area contributed by atoms with Gasteiger partial charge in [-0.1, -0.05) is 26.8 Å². The largest absolute Gasteiger partial charge is 0.444 e.